The highest BCUT2D eigenvalue weighted by atomic mass is 14.9. The Hall–Kier alpha value is -3.39. The molecular formula is C27H23N2+. The molecular weight excluding hydrogens is 352 g/mol. The van der Waals surface area contributed by atoms with Crippen LogP contribution >= 0.6 is 0 Å². The van der Waals surface area contributed by atoms with E-state index in [0.29, 0.717) is 0 Å². The number of para-hydroxylation sites is 1. The molecule has 0 atom stereocenters. The van der Waals surface area contributed by atoms with Crippen molar-refractivity contribution in [3.05, 3.63) is 95.3 Å². The van der Waals surface area contributed by atoms with Crippen LogP contribution in [0, 0.1) is 13.8 Å². The van der Waals surface area contributed by atoms with Crippen LogP contribution in [-0.4, -0.2) is 4.40 Å². The monoisotopic (exact) mass is 375 g/mol. The second-order valence-electron chi connectivity index (χ2n) is 8.37. The van der Waals surface area contributed by atoms with Gasteiger partial charge in [0.05, 0.1) is 11.1 Å². The lowest BCUT2D eigenvalue weighted by molar-refractivity contribution is -0.660. The standard InChI is InChI=1S/C27H23N2/c1-17-10-11-28(3)26(12-17)27-18(2)8-9-22-23(27)15-20-14-21-13-19-6-4-5-7-25(19)29(21)16-24(20)22/h4-14,16H,15H2,1-3H3/q+1. The maximum atomic E-state index is 2.38. The highest BCUT2D eigenvalue weighted by molar-refractivity contribution is 5.91. The highest BCUT2D eigenvalue weighted by Crippen LogP contribution is 2.43. The number of nitrogens with zero attached hydrogens (tertiary/aromatic N) is 2. The van der Waals surface area contributed by atoms with Crippen molar-refractivity contribution in [3.63, 3.8) is 0 Å². The fourth-order valence-corrected chi connectivity index (χ4v) is 4.98. The first-order valence-electron chi connectivity index (χ1n) is 10.2. The fraction of sp³-hybridized carbons (Fsp3) is 0.148. The third-order valence-corrected chi connectivity index (χ3v) is 6.44. The lowest BCUT2D eigenvalue weighted by atomic mass is 9.93. The molecule has 0 fully saturated rings. The van der Waals surface area contributed by atoms with Crippen molar-refractivity contribution in [3.8, 4) is 22.4 Å². The molecule has 140 valence electrons. The molecule has 0 radical (unpaired) electrons. The van der Waals surface area contributed by atoms with Gasteiger partial charge in [-0.05, 0) is 66.3 Å². The molecule has 3 aromatic heterocycles. The van der Waals surface area contributed by atoms with E-state index in [2.05, 4.69) is 103 Å². The molecule has 1 aliphatic carbocycles. The van der Waals surface area contributed by atoms with Gasteiger partial charge in [-0.25, -0.2) is 4.57 Å². The van der Waals surface area contributed by atoms with Gasteiger partial charge in [-0.15, -0.1) is 0 Å². The third kappa shape index (κ3) is 2.32. The minimum Gasteiger partial charge on any atom is -0.316 e. The van der Waals surface area contributed by atoms with Crippen LogP contribution in [0.5, 0.6) is 0 Å². The third-order valence-electron chi connectivity index (χ3n) is 6.44. The number of hydrogen-bond donors (Lipinski definition) is 0. The van der Waals surface area contributed by atoms with E-state index in [9.17, 15) is 0 Å². The van der Waals surface area contributed by atoms with Crippen LogP contribution in [0.1, 0.15) is 22.3 Å². The quantitative estimate of drug-likeness (QED) is 0.322. The highest BCUT2D eigenvalue weighted by Gasteiger charge is 2.27. The molecule has 29 heavy (non-hydrogen) atoms. The number of benzene rings is 2. The first-order valence-corrected chi connectivity index (χ1v) is 10.2. The van der Waals surface area contributed by atoms with E-state index in [-0.39, 0.29) is 0 Å². The Labute approximate surface area is 170 Å². The summed E-state index contributed by atoms with van der Waals surface area (Å²) in [7, 11) is 2.14. The van der Waals surface area contributed by atoms with Crippen molar-refractivity contribution >= 4 is 16.4 Å². The molecule has 0 unspecified atom stereocenters. The van der Waals surface area contributed by atoms with Crippen molar-refractivity contribution in [1.82, 2.24) is 4.40 Å². The average molecular weight is 375 g/mol. The molecule has 0 spiro atoms. The number of aromatic nitrogens is 2. The second-order valence-corrected chi connectivity index (χ2v) is 8.37. The normalized spacial score (nSPS) is 12.5. The summed E-state index contributed by atoms with van der Waals surface area (Å²) in [4.78, 5) is 0. The van der Waals surface area contributed by atoms with Crippen LogP contribution in [0.4, 0.5) is 0 Å². The van der Waals surface area contributed by atoms with Gasteiger partial charge in [0, 0.05) is 34.8 Å². The van der Waals surface area contributed by atoms with Gasteiger partial charge >= 0.3 is 0 Å². The Balaban J connectivity index is 1.63. The molecule has 6 rings (SSSR count). The molecule has 0 amide bonds. The predicted molar refractivity (Wildman–Crippen MR) is 119 cm³/mol. The van der Waals surface area contributed by atoms with Gasteiger partial charge in [0.15, 0.2) is 6.20 Å². The van der Waals surface area contributed by atoms with Crippen LogP contribution in [0.15, 0.2) is 73.1 Å². The molecule has 2 aromatic carbocycles. The van der Waals surface area contributed by atoms with E-state index < -0.39 is 0 Å². The van der Waals surface area contributed by atoms with Crippen LogP contribution in [0.25, 0.3) is 38.8 Å². The molecule has 2 heteroatoms. The average Bonchev–Trinajstić information content (AvgIpc) is 3.25. The Bertz CT molecular complexity index is 1450. The summed E-state index contributed by atoms with van der Waals surface area (Å²) in [5.74, 6) is 0. The zero-order valence-electron chi connectivity index (χ0n) is 17.0. The van der Waals surface area contributed by atoms with Crippen molar-refractivity contribution in [2.24, 2.45) is 7.05 Å². The van der Waals surface area contributed by atoms with Crippen LogP contribution in [0.3, 0.4) is 0 Å². The van der Waals surface area contributed by atoms with Gasteiger partial charge in [-0.3, -0.25) is 0 Å². The molecule has 1 aliphatic rings. The summed E-state index contributed by atoms with van der Waals surface area (Å²) >= 11 is 0. The molecule has 2 nitrogen and oxygen atoms in total. The first kappa shape index (κ1) is 16.6. The Morgan fingerprint density at radius 2 is 1.76 bits per heavy atom. The minimum atomic E-state index is 0.994. The number of hydrogen-bond acceptors (Lipinski definition) is 0. The van der Waals surface area contributed by atoms with E-state index >= 15 is 0 Å². The molecule has 0 saturated carbocycles. The number of aryl methyl sites for hydroxylation is 3. The molecule has 0 saturated heterocycles. The van der Waals surface area contributed by atoms with Gasteiger partial charge in [-0.1, -0.05) is 30.3 Å². The van der Waals surface area contributed by atoms with E-state index in [1.807, 2.05) is 0 Å². The summed E-state index contributed by atoms with van der Waals surface area (Å²) in [6.45, 7) is 4.41. The summed E-state index contributed by atoms with van der Waals surface area (Å²) in [6.07, 6.45) is 5.50. The smallest absolute Gasteiger partial charge is 0.213 e. The maximum Gasteiger partial charge on any atom is 0.213 e. The van der Waals surface area contributed by atoms with E-state index in [0.717, 1.165) is 6.42 Å². The Morgan fingerprint density at radius 3 is 2.66 bits per heavy atom. The number of pyridine rings is 2. The lowest BCUT2D eigenvalue weighted by Crippen LogP contribution is -2.31. The van der Waals surface area contributed by atoms with Gasteiger partial charge in [0.1, 0.15) is 7.05 Å². The molecule has 0 N–H and O–H groups in total. The molecule has 5 aromatic rings. The summed E-state index contributed by atoms with van der Waals surface area (Å²) in [5.41, 5.74) is 13.5. The topological polar surface area (TPSA) is 8.29 Å². The van der Waals surface area contributed by atoms with E-state index in [4.69, 9.17) is 0 Å². The zero-order chi connectivity index (χ0) is 19.7. The van der Waals surface area contributed by atoms with Crippen molar-refractivity contribution in [2.75, 3.05) is 0 Å². The van der Waals surface area contributed by atoms with Gasteiger partial charge in [0.25, 0.3) is 0 Å². The lowest BCUT2D eigenvalue weighted by Gasteiger charge is -2.11. The SMILES string of the molecule is Cc1cc[n+](C)c(-c2c(C)ccc3c2Cc2cc4cc5ccccc5n4cc2-3)c1. The van der Waals surface area contributed by atoms with Gasteiger partial charge in [0.2, 0.25) is 5.69 Å². The number of rotatable bonds is 1. The second kappa shape index (κ2) is 5.81. The largest absolute Gasteiger partial charge is 0.316 e. The van der Waals surface area contributed by atoms with Crippen LogP contribution in [0.2, 0.25) is 0 Å². The van der Waals surface area contributed by atoms with Crippen molar-refractivity contribution < 1.29 is 4.57 Å². The van der Waals surface area contributed by atoms with Crippen molar-refractivity contribution in [2.45, 2.75) is 20.3 Å². The van der Waals surface area contributed by atoms with Crippen molar-refractivity contribution in [1.29, 1.82) is 0 Å². The Kier molecular flexibility index (Phi) is 3.31. The fourth-order valence-electron chi connectivity index (χ4n) is 4.98. The molecule has 0 bridgehead atoms. The molecule has 0 aliphatic heterocycles. The Morgan fingerprint density at radius 1 is 0.897 bits per heavy atom. The van der Waals surface area contributed by atoms with E-state index in [1.165, 1.54) is 61.1 Å². The number of fused-ring (bicyclic) bond motifs is 6. The molecule has 3 heterocycles. The van der Waals surface area contributed by atoms with Crippen LogP contribution < -0.4 is 4.57 Å². The zero-order valence-corrected chi connectivity index (χ0v) is 17.0. The summed E-state index contributed by atoms with van der Waals surface area (Å²) in [5, 5.41) is 1.30. The van der Waals surface area contributed by atoms with E-state index in [1.54, 1.807) is 0 Å². The maximum absolute atomic E-state index is 2.38. The minimum absolute atomic E-state index is 0.994. The first-order chi connectivity index (χ1) is 14.1. The predicted octanol–water partition coefficient (Wildman–Crippen LogP) is 5.77. The van der Waals surface area contributed by atoms with Crippen LogP contribution in [-0.2, 0) is 13.5 Å². The summed E-state index contributed by atoms with van der Waals surface area (Å²) in [6, 6.07) is 22.4. The van der Waals surface area contributed by atoms with Gasteiger partial charge < -0.3 is 4.40 Å². The summed E-state index contributed by atoms with van der Waals surface area (Å²) < 4.78 is 4.59. The van der Waals surface area contributed by atoms with Gasteiger partial charge in [-0.2, -0.15) is 0 Å².